The number of methoxy groups -OCH3 is 1. The van der Waals surface area contributed by atoms with Gasteiger partial charge in [0.05, 0.1) is 24.5 Å². The highest BCUT2D eigenvalue weighted by Crippen LogP contribution is 2.31. The summed E-state index contributed by atoms with van der Waals surface area (Å²) >= 11 is 5.91. The Kier molecular flexibility index (Phi) is 9.48. The number of hydrogen-bond acceptors (Lipinski definition) is 7. The van der Waals surface area contributed by atoms with E-state index in [1.54, 1.807) is 37.4 Å². The van der Waals surface area contributed by atoms with Gasteiger partial charge in [0.1, 0.15) is 11.5 Å². The van der Waals surface area contributed by atoms with Crippen LogP contribution in [0.3, 0.4) is 0 Å². The van der Waals surface area contributed by atoms with Crippen LogP contribution in [-0.4, -0.2) is 71.0 Å². The number of anilines is 3. The third-order valence-corrected chi connectivity index (χ3v) is 7.52. The Morgan fingerprint density at radius 2 is 1.71 bits per heavy atom. The third-order valence-electron chi connectivity index (χ3n) is 7.27. The minimum Gasteiger partial charge on any atom is -0.495 e. The molecule has 0 aromatic heterocycles. The van der Waals surface area contributed by atoms with Crippen molar-refractivity contribution in [3.8, 4) is 11.5 Å². The van der Waals surface area contributed by atoms with Crippen LogP contribution >= 0.6 is 11.6 Å². The summed E-state index contributed by atoms with van der Waals surface area (Å²) in [4.78, 5) is 30.6. The summed E-state index contributed by atoms with van der Waals surface area (Å²) in [6.07, 6.45) is 1.96. The zero-order chi connectivity index (χ0) is 28.6. The number of nitrogens with zero attached hydrogens (tertiary/aromatic N) is 2. The molecular formula is C31H35ClN4O5. The number of piperazine rings is 1. The van der Waals surface area contributed by atoms with Crippen molar-refractivity contribution in [3.05, 3.63) is 77.3 Å². The van der Waals surface area contributed by atoms with Crippen LogP contribution < -0.4 is 29.9 Å². The molecule has 0 unspecified atom stereocenters. The number of ether oxygens (including phenoxy) is 3. The fourth-order valence-corrected chi connectivity index (χ4v) is 5.26. The highest BCUT2D eigenvalue weighted by molar-refractivity contribution is 6.30. The van der Waals surface area contributed by atoms with E-state index in [2.05, 4.69) is 26.5 Å². The van der Waals surface area contributed by atoms with Crippen molar-refractivity contribution >= 4 is 40.5 Å². The van der Waals surface area contributed by atoms with Gasteiger partial charge in [-0.15, -0.1) is 0 Å². The SMILES string of the molecule is COc1ccccc1N1CCN(c2ccc(NC(=O)COc3ccc(Cl)cc3)cc2C(=O)NC[C@@H]2CCCO2)CC1. The molecule has 3 aromatic carbocycles. The molecule has 2 amide bonds. The molecular weight excluding hydrogens is 544 g/mol. The molecule has 2 saturated heterocycles. The predicted octanol–water partition coefficient (Wildman–Crippen LogP) is 4.60. The zero-order valence-electron chi connectivity index (χ0n) is 23.1. The fraction of sp³-hybridized carbons (Fsp3) is 0.355. The van der Waals surface area contributed by atoms with Gasteiger partial charge in [0, 0.05) is 55.7 Å². The average molecular weight is 579 g/mol. The summed E-state index contributed by atoms with van der Waals surface area (Å²) in [5.41, 5.74) is 2.91. The average Bonchev–Trinajstić information content (AvgIpc) is 3.53. The highest BCUT2D eigenvalue weighted by atomic mass is 35.5. The van der Waals surface area contributed by atoms with E-state index >= 15 is 0 Å². The lowest BCUT2D eigenvalue weighted by atomic mass is 10.1. The first-order valence-electron chi connectivity index (χ1n) is 13.8. The maximum Gasteiger partial charge on any atom is 0.262 e. The Balaban J connectivity index is 1.28. The monoisotopic (exact) mass is 578 g/mol. The van der Waals surface area contributed by atoms with Crippen molar-refractivity contribution in [3.63, 3.8) is 0 Å². The van der Waals surface area contributed by atoms with Crippen LogP contribution in [0.1, 0.15) is 23.2 Å². The van der Waals surface area contributed by atoms with Gasteiger partial charge in [-0.3, -0.25) is 9.59 Å². The number of benzene rings is 3. The standard InChI is InChI=1S/C31H35ClN4O5/c1-39-29-7-3-2-6-28(29)36-16-14-35(15-17-36)27-13-10-23(19-26(27)31(38)33-20-25-5-4-18-40-25)34-30(37)21-41-24-11-8-22(32)9-12-24/h2-3,6-13,19,25H,4-5,14-18,20-21H2,1H3,(H,33,38)(H,34,37)/t25-/m0/s1. The van der Waals surface area contributed by atoms with E-state index in [1.165, 1.54) is 0 Å². The summed E-state index contributed by atoms with van der Waals surface area (Å²) in [6, 6.07) is 20.2. The maximum atomic E-state index is 13.4. The van der Waals surface area contributed by atoms with Gasteiger partial charge in [0.2, 0.25) is 0 Å². The molecule has 1 atom stereocenters. The van der Waals surface area contributed by atoms with Gasteiger partial charge in [-0.1, -0.05) is 23.7 Å². The minimum atomic E-state index is -0.330. The molecule has 2 fully saturated rings. The molecule has 2 aliphatic rings. The maximum absolute atomic E-state index is 13.4. The van der Waals surface area contributed by atoms with Crippen molar-refractivity contribution in [1.82, 2.24) is 5.32 Å². The second-order valence-corrected chi connectivity index (χ2v) is 10.5. The summed E-state index contributed by atoms with van der Waals surface area (Å²) in [5, 5.41) is 6.48. The number of carbonyl (C=O) groups is 2. The second kappa shape index (κ2) is 13.6. The number of amides is 2. The van der Waals surface area contributed by atoms with Crippen LogP contribution in [0.2, 0.25) is 5.02 Å². The molecule has 2 aliphatic heterocycles. The lowest BCUT2D eigenvalue weighted by molar-refractivity contribution is -0.118. The van der Waals surface area contributed by atoms with E-state index in [0.717, 1.165) is 62.8 Å². The Labute approximate surface area is 245 Å². The molecule has 0 saturated carbocycles. The van der Waals surface area contributed by atoms with E-state index in [0.29, 0.717) is 28.6 Å². The summed E-state index contributed by atoms with van der Waals surface area (Å²) in [6.45, 7) is 4.01. The first-order valence-corrected chi connectivity index (χ1v) is 14.2. The van der Waals surface area contributed by atoms with Gasteiger partial charge in [-0.25, -0.2) is 0 Å². The molecule has 0 radical (unpaired) electrons. The van der Waals surface area contributed by atoms with Crippen LogP contribution in [-0.2, 0) is 9.53 Å². The summed E-state index contributed by atoms with van der Waals surface area (Å²) in [7, 11) is 1.68. The normalized spacial score (nSPS) is 16.8. The quantitative estimate of drug-likeness (QED) is 0.363. The Morgan fingerprint density at radius 3 is 2.41 bits per heavy atom. The summed E-state index contributed by atoms with van der Waals surface area (Å²) < 4.78 is 16.8. The van der Waals surface area contributed by atoms with E-state index in [4.69, 9.17) is 25.8 Å². The molecule has 41 heavy (non-hydrogen) atoms. The Bertz CT molecular complexity index is 1340. The lowest BCUT2D eigenvalue weighted by Gasteiger charge is -2.38. The molecule has 0 spiro atoms. The smallest absolute Gasteiger partial charge is 0.262 e. The molecule has 3 aromatic rings. The van der Waals surface area contributed by atoms with Crippen molar-refractivity contribution in [2.75, 3.05) is 68.2 Å². The number of para-hydroxylation sites is 2. The minimum absolute atomic E-state index is 0.0275. The lowest BCUT2D eigenvalue weighted by Crippen LogP contribution is -2.47. The van der Waals surface area contributed by atoms with Gasteiger partial charge in [0.25, 0.3) is 11.8 Å². The number of carbonyl (C=O) groups excluding carboxylic acids is 2. The number of halogens is 1. The molecule has 2 N–H and O–H groups in total. The van der Waals surface area contributed by atoms with E-state index in [1.807, 2.05) is 30.3 Å². The van der Waals surface area contributed by atoms with Crippen LogP contribution in [0.5, 0.6) is 11.5 Å². The molecule has 9 nitrogen and oxygen atoms in total. The molecule has 10 heteroatoms. The molecule has 216 valence electrons. The first-order chi connectivity index (χ1) is 20.0. The number of rotatable bonds is 10. The van der Waals surface area contributed by atoms with Crippen molar-refractivity contribution in [2.45, 2.75) is 18.9 Å². The Hall–Kier alpha value is -3.95. The van der Waals surface area contributed by atoms with Crippen LogP contribution in [0, 0.1) is 0 Å². The third kappa shape index (κ3) is 7.42. The predicted molar refractivity (Wildman–Crippen MR) is 161 cm³/mol. The number of nitrogens with one attached hydrogen (secondary N) is 2. The van der Waals surface area contributed by atoms with Gasteiger partial charge >= 0.3 is 0 Å². The van der Waals surface area contributed by atoms with Gasteiger partial charge < -0.3 is 34.6 Å². The summed E-state index contributed by atoms with van der Waals surface area (Å²) in [5.74, 6) is 0.858. The van der Waals surface area contributed by atoms with Crippen molar-refractivity contribution in [1.29, 1.82) is 0 Å². The van der Waals surface area contributed by atoms with Gasteiger partial charge in [-0.05, 0) is 67.4 Å². The molecule has 0 aliphatic carbocycles. The first kappa shape index (κ1) is 28.6. The fourth-order valence-electron chi connectivity index (χ4n) is 5.13. The second-order valence-electron chi connectivity index (χ2n) is 10.0. The number of hydrogen-bond donors (Lipinski definition) is 2. The Morgan fingerprint density at radius 1 is 0.976 bits per heavy atom. The van der Waals surface area contributed by atoms with E-state index in [-0.39, 0.29) is 24.5 Å². The van der Waals surface area contributed by atoms with Gasteiger partial charge in [-0.2, -0.15) is 0 Å². The van der Waals surface area contributed by atoms with Crippen molar-refractivity contribution in [2.24, 2.45) is 0 Å². The molecule has 0 bridgehead atoms. The topological polar surface area (TPSA) is 92.4 Å². The molecule has 5 rings (SSSR count). The van der Waals surface area contributed by atoms with Crippen molar-refractivity contribution < 1.29 is 23.8 Å². The molecule has 2 heterocycles. The zero-order valence-corrected chi connectivity index (χ0v) is 23.9. The van der Waals surface area contributed by atoms with Gasteiger partial charge in [0.15, 0.2) is 6.61 Å². The van der Waals surface area contributed by atoms with E-state index < -0.39 is 0 Å². The van der Waals surface area contributed by atoms with Crippen LogP contribution in [0.4, 0.5) is 17.1 Å². The van der Waals surface area contributed by atoms with Crippen LogP contribution in [0.25, 0.3) is 0 Å². The highest BCUT2D eigenvalue weighted by Gasteiger charge is 2.25. The van der Waals surface area contributed by atoms with E-state index in [9.17, 15) is 9.59 Å². The largest absolute Gasteiger partial charge is 0.495 e. The van der Waals surface area contributed by atoms with Crippen LogP contribution in [0.15, 0.2) is 66.7 Å².